The fourth-order valence-corrected chi connectivity index (χ4v) is 2.67. The molecule has 1 N–H and O–H groups in total. The van der Waals surface area contributed by atoms with Crippen LogP contribution in [0.2, 0.25) is 0 Å². The summed E-state index contributed by atoms with van der Waals surface area (Å²) in [6.45, 7) is 0. The lowest BCUT2D eigenvalue weighted by atomic mass is 9.97. The first-order chi connectivity index (χ1) is 11.3. The largest absolute Gasteiger partial charge is 0.481 e. The van der Waals surface area contributed by atoms with Gasteiger partial charge in [0.2, 0.25) is 0 Å². The topological polar surface area (TPSA) is 37.3 Å². The average molecular weight is 308 g/mol. The molecule has 0 aromatic heterocycles. The number of hydrogen-bond donors (Lipinski definition) is 1. The maximum Gasteiger partial charge on any atom is 0.303 e. The highest BCUT2D eigenvalue weighted by atomic mass is 16.4. The van der Waals surface area contributed by atoms with Crippen molar-refractivity contribution >= 4 is 11.5 Å². The van der Waals surface area contributed by atoms with Crippen LogP contribution in [-0.4, -0.2) is 11.1 Å². The first-order valence-electron chi connectivity index (χ1n) is 8.26. The molecule has 0 aliphatic carbocycles. The minimum absolute atomic E-state index is 0.239. The van der Waals surface area contributed by atoms with Crippen molar-refractivity contribution in [1.82, 2.24) is 0 Å². The van der Waals surface area contributed by atoms with Crippen LogP contribution >= 0.6 is 0 Å². The molecule has 0 radical (unpaired) electrons. The van der Waals surface area contributed by atoms with E-state index in [0.29, 0.717) is 6.42 Å². The van der Waals surface area contributed by atoms with Crippen molar-refractivity contribution < 1.29 is 9.90 Å². The van der Waals surface area contributed by atoms with E-state index in [2.05, 4.69) is 54.6 Å². The summed E-state index contributed by atoms with van der Waals surface area (Å²) in [6, 6.07) is 20.9. The first-order valence-corrected chi connectivity index (χ1v) is 8.26. The monoisotopic (exact) mass is 308 g/mol. The Kier molecular flexibility index (Phi) is 7.12. The van der Waals surface area contributed by atoms with E-state index in [1.54, 1.807) is 0 Å². The van der Waals surface area contributed by atoms with Crippen molar-refractivity contribution in [3.05, 3.63) is 77.9 Å². The van der Waals surface area contributed by atoms with Gasteiger partial charge in [0, 0.05) is 6.42 Å². The number of rotatable bonds is 9. The molecule has 0 fully saturated rings. The molecule has 0 unspecified atom stereocenters. The Bertz CT molecular complexity index is 615. The van der Waals surface area contributed by atoms with Crippen LogP contribution in [0.3, 0.4) is 0 Å². The van der Waals surface area contributed by atoms with Gasteiger partial charge >= 0.3 is 5.97 Å². The zero-order chi connectivity index (χ0) is 16.3. The number of hydrogen-bond acceptors (Lipinski definition) is 1. The van der Waals surface area contributed by atoms with Crippen LogP contribution in [0.15, 0.2) is 66.7 Å². The van der Waals surface area contributed by atoms with Gasteiger partial charge in [-0.15, -0.1) is 0 Å². The second kappa shape index (κ2) is 9.62. The summed E-state index contributed by atoms with van der Waals surface area (Å²) in [5.74, 6) is -0.719. The summed E-state index contributed by atoms with van der Waals surface area (Å²) in [5.41, 5.74) is 3.94. The average Bonchev–Trinajstić information content (AvgIpc) is 2.58. The van der Waals surface area contributed by atoms with E-state index in [9.17, 15) is 4.79 Å². The van der Waals surface area contributed by atoms with Gasteiger partial charge in [-0.3, -0.25) is 4.79 Å². The van der Waals surface area contributed by atoms with Crippen LogP contribution in [-0.2, 0) is 11.2 Å². The molecule has 2 heteroatoms. The molecule has 0 atom stereocenters. The molecule has 2 nitrogen and oxygen atoms in total. The van der Waals surface area contributed by atoms with Crippen LogP contribution in [0.1, 0.15) is 43.2 Å². The highest BCUT2D eigenvalue weighted by Gasteiger charge is 2.03. The summed E-state index contributed by atoms with van der Waals surface area (Å²) in [6.07, 6.45) is 7.16. The lowest BCUT2D eigenvalue weighted by molar-refractivity contribution is -0.137. The predicted octanol–water partition coefficient (Wildman–Crippen LogP) is 5.35. The van der Waals surface area contributed by atoms with Crippen molar-refractivity contribution in [1.29, 1.82) is 0 Å². The standard InChI is InChI=1S/C21H24O2/c22-21(23)17-8-7-15-20(19-13-5-2-6-14-19)16-9-12-18-10-3-1-4-11-18/h1-6,10-11,13-15H,7-9,12,16-17H2,(H,22,23)/b20-15-. The molecular weight excluding hydrogens is 284 g/mol. The van der Waals surface area contributed by atoms with Crippen LogP contribution in [0.25, 0.3) is 5.57 Å². The third kappa shape index (κ3) is 6.52. The van der Waals surface area contributed by atoms with Gasteiger partial charge in [-0.2, -0.15) is 0 Å². The van der Waals surface area contributed by atoms with E-state index in [4.69, 9.17) is 5.11 Å². The second-order valence-electron chi connectivity index (χ2n) is 5.72. The van der Waals surface area contributed by atoms with Gasteiger partial charge in [0.05, 0.1) is 0 Å². The highest BCUT2D eigenvalue weighted by Crippen LogP contribution is 2.22. The van der Waals surface area contributed by atoms with Crippen LogP contribution in [0.4, 0.5) is 0 Å². The SMILES string of the molecule is O=C(O)CCC/C=C(/CCCc1ccccc1)c1ccccc1. The molecule has 120 valence electrons. The number of aryl methyl sites for hydroxylation is 1. The molecular formula is C21H24O2. The molecule has 0 aliphatic rings. The molecule has 0 aliphatic heterocycles. The molecule has 2 rings (SSSR count). The van der Waals surface area contributed by atoms with E-state index >= 15 is 0 Å². The first kappa shape index (κ1) is 17.0. The zero-order valence-electron chi connectivity index (χ0n) is 13.4. The minimum Gasteiger partial charge on any atom is -0.481 e. The predicted molar refractivity (Wildman–Crippen MR) is 95.3 cm³/mol. The quantitative estimate of drug-likeness (QED) is 0.634. The van der Waals surface area contributed by atoms with Crippen molar-refractivity contribution in [3.63, 3.8) is 0 Å². The molecule has 0 spiro atoms. The van der Waals surface area contributed by atoms with Crippen molar-refractivity contribution in [2.24, 2.45) is 0 Å². The van der Waals surface area contributed by atoms with E-state index in [-0.39, 0.29) is 6.42 Å². The third-order valence-electron chi connectivity index (χ3n) is 3.88. The normalized spacial score (nSPS) is 11.4. The number of unbranched alkanes of at least 4 members (excludes halogenated alkanes) is 1. The molecule has 0 heterocycles. The Balaban J connectivity index is 1.93. The Labute approximate surface area is 138 Å². The lowest BCUT2D eigenvalue weighted by Gasteiger charge is -2.09. The fraction of sp³-hybridized carbons (Fsp3) is 0.286. The molecule has 23 heavy (non-hydrogen) atoms. The summed E-state index contributed by atoms with van der Waals surface area (Å²) in [7, 11) is 0. The summed E-state index contributed by atoms with van der Waals surface area (Å²) < 4.78 is 0. The van der Waals surface area contributed by atoms with Gasteiger partial charge < -0.3 is 5.11 Å². The summed E-state index contributed by atoms with van der Waals surface area (Å²) in [4.78, 5) is 10.6. The van der Waals surface area contributed by atoms with E-state index in [1.807, 2.05) is 12.1 Å². The number of carboxylic acid groups (broad SMARTS) is 1. The van der Waals surface area contributed by atoms with Crippen LogP contribution < -0.4 is 0 Å². The number of allylic oxidation sites excluding steroid dienone is 2. The summed E-state index contributed by atoms with van der Waals surface area (Å²) in [5, 5.41) is 8.74. The maximum atomic E-state index is 10.6. The van der Waals surface area contributed by atoms with E-state index in [0.717, 1.165) is 25.7 Å². The van der Waals surface area contributed by atoms with Gasteiger partial charge in [0.15, 0.2) is 0 Å². The zero-order valence-corrected chi connectivity index (χ0v) is 13.4. The van der Waals surface area contributed by atoms with E-state index in [1.165, 1.54) is 16.7 Å². The van der Waals surface area contributed by atoms with E-state index < -0.39 is 5.97 Å². The fourth-order valence-electron chi connectivity index (χ4n) is 2.67. The van der Waals surface area contributed by atoms with Gasteiger partial charge in [-0.05, 0) is 48.8 Å². The lowest BCUT2D eigenvalue weighted by Crippen LogP contribution is -1.93. The maximum absolute atomic E-state index is 10.6. The summed E-state index contributed by atoms with van der Waals surface area (Å²) >= 11 is 0. The molecule has 2 aromatic rings. The Morgan fingerprint density at radius 3 is 2.17 bits per heavy atom. The molecule has 0 amide bonds. The molecule has 0 saturated carbocycles. The second-order valence-corrected chi connectivity index (χ2v) is 5.72. The minimum atomic E-state index is -0.719. The van der Waals surface area contributed by atoms with Crippen molar-refractivity contribution in [2.75, 3.05) is 0 Å². The highest BCUT2D eigenvalue weighted by molar-refractivity contribution is 5.67. The number of aliphatic carboxylic acids is 1. The number of benzene rings is 2. The number of carbonyl (C=O) groups is 1. The molecule has 2 aromatic carbocycles. The number of carboxylic acids is 1. The molecule has 0 saturated heterocycles. The Morgan fingerprint density at radius 1 is 0.870 bits per heavy atom. The smallest absolute Gasteiger partial charge is 0.303 e. The van der Waals surface area contributed by atoms with Crippen LogP contribution in [0, 0.1) is 0 Å². The van der Waals surface area contributed by atoms with Gasteiger partial charge in [0.25, 0.3) is 0 Å². The molecule has 0 bridgehead atoms. The van der Waals surface area contributed by atoms with Crippen molar-refractivity contribution in [3.8, 4) is 0 Å². The van der Waals surface area contributed by atoms with Gasteiger partial charge in [-0.25, -0.2) is 0 Å². The van der Waals surface area contributed by atoms with Crippen LogP contribution in [0.5, 0.6) is 0 Å². The van der Waals surface area contributed by atoms with Gasteiger partial charge in [0.1, 0.15) is 0 Å². The Hall–Kier alpha value is -2.35. The Morgan fingerprint density at radius 2 is 1.52 bits per heavy atom. The third-order valence-corrected chi connectivity index (χ3v) is 3.88. The van der Waals surface area contributed by atoms with Gasteiger partial charge in [-0.1, -0.05) is 66.7 Å². The van der Waals surface area contributed by atoms with Crippen molar-refractivity contribution in [2.45, 2.75) is 38.5 Å².